The summed E-state index contributed by atoms with van der Waals surface area (Å²) < 4.78 is 5.85. The van der Waals surface area contributed by atoms with E-state index in [1.165, 1.54) is 31.2 Å². The smallest absolute Gasteiger partial charge is 0.142 e. The van der Waals surface area contributed by atoms with Gasteiger partial charge in [0.05, 0.1) is 12.3 Å². The Morgan fingerprint density at radius 1 is 1.35 bits per heavy atom. The highest BCUT2D eigenvalue weighted by molar-refractivity contribution is 5.53. The molecule has 1 aliphatic rings. The second-order valence-electron chi connectivity index (χ2n) is 5.49. The van der Waals surface area contributed by atoms with Crippen molar-refractivity contribution in [3.63, 3.8) is 0 Å². The zero-order valence-electron chi connectivity index (χ0n) is 10.9. The first-order valence-electron chi connectivity index (χ1n) is 6.64. The summed E-state index contributed by atoms with van der Waals surface area (Å²) in [6, 6.07) is 6.00. The third kappa shape index (κ3) is 3.39. The van der Waals surface area contributed by atoms with Crippen molar-refractivity contribution in [3.05, 3.63) is 23.8 Å². The Morgan fingerprint density at radius 2 is 2.18 bits per heavy atom. The molecule has 1 fully saturated rings. The highest BCUT2D eigenvalue weighted by Gasteiger charge is 2.19. The van der Waals surface area contributed by atoms with E-state index in [0.29, 0.717) is 5.92 Å². The number of ether oxygens (including phenoxy) is 1. The van der Waals surface area contributed by atoms with Gasteiger partial charge in [0.1, 0.15) is 5.75 Å². The first kappa shape index (κ1) is 12.3. The lowest BCUT2D eigenvalue weighted by atomic mass is 9.83. The second kappa shape index (κ2) is 5.44. The molecule has 0 heterocycles. The van der Waals surface area contributed by atoms with Gasteiger partial charge in [-0.3, -0.25) is 0 Å². The predicted molar refractivity (Wildman–Crippen MR) is 72.2 cm³/mol. The van der Waals surface area contributed by atoms with E-state index in [4.69, 9.17) is 10.5 Å². The van der Waals surface area contributed by atoms with Crippen LogP contribution in [0.3, 0.4) is 0 Å². The molecular weight excluding hydrogens is 210 g/mol. The van der Waals surface area contributed by atoms with Crippen molar-refractivity contribution in [3.8, 4) is 5.75 Å². The van der Waals surface area contributed by atoms with E-state index in [1.54, 1.807) is 0 Å². The second-order valence-corrected chi connectivity index (χ2v) is 5.49. The summed E-state index contributed by atoms with van der Waals surface area (Å²) in [7, 11) is 0. The molecule has 0 spiro atoms. The van der Waals surface area contributed by atoms with Gasteiger partial charge in [0.25, 0.3) is 0 Å². The Morgan fingerprint density at radius 3 is 2.88 bits per heavy atom. The molecular formula is C15H23NO. The molecule has 2 nitrogen and oxygen atoms in total. The van der Waals surface area contributed by atoms with Crippen LogP contribution in [0.5, 0.6) is 5.75 Å². The van der Waals surface area contributed by atoms with E-state index in [-0.39, 0.29) is 0 Å². The molecule has 2 unspecified atom stereocenters. The molecule has 1 aliphatic carbocycles. The van der Waals surface area contributed by atoms with Crippen LogP contribution in [0.4, 0.5) is 5.69 Å². The number of hydrogen-bond acceptors (Lipinski definition) is 2. The Hall–Kier alpha value is -1.18. The van der Waals surface area contributed by atoms with Gasteiger partial charge in [0, 0.05) is 0 Å². The minimum Gasteiger partial charge on any atom is -0.491 e. The molecule has 2 N–H and O–H groups in total. The van der Waals surface area contributed by atoms with Gasteiger partial charge < -0.3 is 10.5 Å². The summed E-state index contributed by atoms with van der Waals surface area (Å²) in [4.78, 5) is 0. The summed E-state index contributed by atoms with van der Waals surface area (Å²) in [6.07, 6.45) is 5.32. The molecule has 1 aromatic carbocycles. The number of rotatable bonds is 3. The largest absolute Gasteiger partial charge is 0.491 e. The molecule has 0 bridgehead atoms. The maximum atomic E-state index is 5.94. The number of benzene rings is 1. The topological polar surface area (TPSA) is 35.2 Å². The monoisotopic (exact) mass is 233 g/mol. The van der Waals surface area contributed by atoms with Crippen molar-refractivity contribution in [1.29, 1.82) is 0 Å². The van der Waals surface area contributed by atoms with Crippen LogP contribution < -0.4 is 10.5 Å². The van der Waals surface area contributed by atoms with Gasteiger partial charge in [-0.15, -0.1) is 0 Å². The fourth-order valence-corrected chi connectivity index (χ4v) is 2.72. The van der Waals surface area contributed by atoms with E-state index in [9.17, 15) is 0 Å². The van der Waals surface area contributed by atoms with Crippen LogP contribution in [0.2, 0.25) is 0 Å². The van der Waals surface area contributed by atoms with Crippen LogP contribution in [0.1, 0.15) is 38.2 Å². The standard InChI is InChI=1S/C15H23NO/c1-11-4-3-5-13(8-11)10-17-15-7-6-12(2)9-14(15)16/h6-7,9,11,13H,3-5,8,10,16H2,1-2H3. The van der Waals surface area contributed by atoms with Gasteiger partial charge in [-0.1, -0.05) is 25.8 Å². The van der Waals surface area contributed by atoms with E-state index >= 15 is 0 Å². The Labute approximate surface area is 104 Å². The highest BCUT2D eigenvalue weighted by Crippen LogP contribution is 2.30. The molecule has 0 aromatic heterocycles. The number of hydrogen-bond donors (Lipinski definition) is 1. The van der Waals surface area contributed by atoms with Crippen LogP contribution in [-0.2, 0) is 0 Å². The quantitative estimate of drug-likeness (QED) is 0.806. The van der Waals surface area contributed by atoms with Crippen molar-refractivity contribution >= 4 is 5.69 Å². The zero-order valence-corrected chi connectivity index (χ0v) is 10.9. The molecule has 0 aliphatic heterocycles. The van der Waals surface area contributed by atoms with Gasteiger partial charge in [-0.25, -0.2) is 0 Å². The minimum absolute atomic E-state index is 0.708. The number of nitrogen functional groups attached to an aromatic ring is 1. The lowest BCUT2D eigenvalue weighted by Crippen LogP contribution is -2.19. The van der Waals surface area contributed by atoms with Crippen LogP contribution in [0, 0.1) is 18.8 Å². The van der Waals surface area contributed by atoms with Gasteiger partial charge >= 0.3 is 0 Å². The number of aryl methyl sites for hydroxylation is 1. The number of anilines is 1. The van der Waals surface area contributed by atoms with Gasteiger partial charge in [-0.05, 0) is 49.3 Å². The van der Waals surface area contributed by atoms with E-state index < -0.39 is 0 Å². The average molecular weight is 233 g/mol. The van der Waals surface area contributed by atoms with Crippen molar-refractivity contribution in [1.82, 2.24) is 0 Å². The molecule has 17 heavy (non-hydrogen) atoms. The van der Waals surface area contributed by atoms with Gasteiger partial charge in [0.15, 0.2) is 0 Å². The van der Waals surface area contributed by atoms with E-state index in [1.807, 2.05) is 19.1 Å². The fourth-order valence-electron chi connectivity index (χ4n) is 2.72. The average Bonchev–Trinajstić information content (AvgIpc) is 2.28. The Balaban J connectivity index is 1.88. The van der Waals surface area contributed by atoms with Crippen molar-refractivity contribution in [2.75, 3.05) is 12.3 Å². The third-order valence-corrected chi connectivity index (χ3v) is 3.68. The Kier molecular flexibility index (Phi) is 3.93. The first-order chi connectivity index (χ1) is 8.15. The summed E-state index contributed by atoms with van der Waals surface area (Å²) >= 11 is 0. The van der Waals surface area contributed by atoms with Crippen LogP contribution >= 0.6 is 0 Å². The molecule has 2 rings (SSSR count). The van der Waals surface area contributed by atoms with E-state index in [2.05, 4.69) is 13.0 Å². The van der Waals surface area contributed by atoms with Crippen LogP contribution in [0.25, 0.3) is 0 Å². The fraction of sp³-hybridized carbons (Fsp3) is 0.600. The predicted octanol–water partition coefficient (Wildman–Crippen LogP) is 3.78. The van der Waals surface area contributed by atoms with Crippen LogP contribution in [0.15, 0.2) is 18.2 Å². The molecule has 0 saturated heterocycles. The van der Waals surface area contributed by atoms with Crippen molar-refractivity contribution in [2.24, 2.45) is 11.8 Å². The number of nitrogens with two attached hydrogens (primary N) is 1. The molecule has 1 aromatic rings. The molecule has 2 atom stereocenters. The zero-order chi connectivity index (χ0) is 12.3. The summed E-state index contributed by atoms with van der Waals surface area (Å²) in [6.45, 7) is 5.20. The molecule has 1 saturated carbocycles. The van der Waals surface area contributed by atoms with Gasteiger partial charge in [-0.2, -0.15) is 0 Å². The van der Waals surface area contributed by atoms with Gasteiger partial charge in [0.2, 0.25) is 0 Å². The van der Waals surface area contributed by atoms with Crippen molar-refractivity contribution < 1.29 is 4.74 Å². The highest BCUT2D eigenvalue weighted by atomic mass is 16.5. The van der Waals surface area contributed by atoms with E-state index in [0.717, 1.165) is 24.0 Å². The lowest BCUT2D eigenvalue weighted by molar-refractivity contribution is 0.183. The normalized spacial score (nSPS) is 24.6. The molecule has 0 radical (unpaired) electrons. The first-order valence-corrected chi connectivity index (χ1v) is 6.64. The summed E-state index contributed by atoms with van der Waals surface area (Å²) in [5.74, 6) is 2.40. The Bertz CT molecular complexity index is 375. The van der Waals surface area contributed by atoms with Crippen molar-refractivity contribution in [2.45, 2.75) is 39.5 Å². The molecule has 0 amide bonds. The summed E-state index contributed by atoms with van der Waals surface area (Å²) in [5, 5.41) is 0. The maximum absolute atomic E-state index is 5.94. The minimum atomic E-state index is 0.708. The molecule has 2 heteroatoms. The SMILES string of the molecule is Cc1ccc(OCC2CCCC(C)C2)c(N)c1. The summed E-state index contributed by atoms with van der Waals surface area (Å²) in [5.41, 5.74) is 7.88. The third-order valence-electron chi connectivity index (χ3n) is 3.68. The molecule has 94 valence electrons. The van der Waals surface area contributed by atoms with Crippen LogP contribution in [-0.4, -0.2) is 6.61 Å². The lowest BCUT2D eigenvalue weighted by Gasteiger charge is -2.26. The maximum Gasteiger partial charge on any atom is 0.142 e.